The number of hydrogen-bond donors (Lipinski definition) is 1. The van der Waals surface area contributed by atoms with Crippen LogP contribution < -0.4 is 5.32 Å². The van der Waals surface area contributed by atoms with Crippen LogP contribution in [-0.4, -0.2) is 30.1 Å². The average Bonchev–Trinajstić information content (AvgIpc) is 3.20. The van der Waals surface area contributed by atoms with Gasteiger partial charge in [-0.2, -0.15) is 0 Å². The minimum Gasteiger partial charge on any atom is -0.311 e. The Hall–Kier alpha value is -0.860. The van der Waals surface area contributed by atoms with E-state index in [9.17, 15) is 0 Å². The van der Waals surface area contributed by atoms with Crippen LogP contribution in [0.5, 0.6) is 0 Å². The number of rotatable bonds is 5. The molecule has 1 aliphatic carbocycles. The number of hydrogen-bond acceptors (Lipinski definition) is 2. The van der Waals surface area contributed by atoms with Crippen LogP contribution in [0.25, 0.3) is 0 Å². The molecule has 3 rings (SSSR count). The molecule has 2 unspecified atom stereocenters. The smallest absolute Gasteiger partial charge is 0.0233 e. The van der Waals surface area contributed by atoms with Crippen LogP contribution in [0.4, 0.5) is 0 Å². The third-order valence-corrected chi connectivity index (χ3v) is 4.73. The third-order valence-electron chi connectivity index (χ3n) is 4.73. The number of piperidine rings is 1. The fraction of sp³-hybridized carbons (Fsp3) is 0.647. The van der Waals surface area contributed by atoms with Crippen LogP contribution in [-0.2, 0) is 6.54 Å². The Labute approximate surface area is 117 Å². The minimum absolute atomic E-state index is 0.772. The Morgan fingerprint density at radius 1 is 1.16 bits per heavy atom. The van der Waals surface area contributed by atoms with Crippen molar-refractivity contribution in [1.82, 2.24) is 10.2 Å². The lowest BCUT2D eigenvalue weighted by Crippen LogP contribution is -2.43. The molecule has 1 aliphatic heterocycles. The van der Waals surface area contributed by atoms with Gasteiger partial charge in [0, 0.05) is 18.6 Å². The summed E-state index contributed by atoms with van der Waals surface area (Å²) in [6.45, 7) is 5.93. The lowest BCUT2D eigenvalue weighted by Gasteiger charge is -2.32. The molecule has 1 aromatic rings. The zero-order chi connectivity index (χ0) is 13.1. The first kappa shape index (κ1) is 13.1. The molecule has 0 bridgehead atoms. The van der Waals surface area contributed by atoms with E-state index >= 15 is 0 Å². The van der Waals surface area contributed by atoms with Crippen LogP contribution in [0, 0.1) is 5.92 Å². The van der Waals surface area contributed by atoms with E-state index in [0.29, 0.717) is 0 Å². The van der Waals surface area contributed by atoms with Crippen LogP contribution in [0.2, 0.25) is 0 Å². The summed E-state index contributed by atoms with van der Waals surface area (Å²) >= 11 is 0. The SMILES string of the molecule is CCC1CC1NC1CCN(Cc2ccccc2)CC1. The van der Waals surface area contributed by atoms with E-state index in [0.717, 1.165) is 24.5 Å². The molecule has 0 spiro atoms. The summed E-state index contributed by atoms with van der Waals surface area (Å²) in [5.74, 6) is 0.974. The topological polar surface area (TPSA) is 15.3 Å². The maximum atomic E-state index is 3.85. The van der Waals surface area contributed by atoms with Gasteiger partial charge in [0.2, 0.25) is 0 Å². The van der Waals surface area contributed by atoms with Gasteiger partial charge in [-0.1, -0.05) is 43.7 Å². The van der Waals surface area contributed by atoms with Gasteiger partial charge < -0.3 is 5.32 Å². The molecule has 1 aromatic carbocycles. The molecular formula is C17H26N2. The highest BCUT2D eigenvalue weighted by atomic mass is 15.1. The van der Waals surface area contributed by atoms with Gasteiger partial charge in [-0.05, 0) is 43.8 Å². The third kappa shape index (κ3) is 3.58. The molecule has 2 fully saturated rings. The van der Waals surface area contributed by atoms with Crippen molar-refractivity contribution in [2.75, 3.05) is 13.1 Å². The van der Waals surface area contributed by atoms with Crippen LogP contribution in [0.3, 0.4) is 0 Å². The second-order valence-corrected chi connectivity index (χ2v) is 6.21. The molecule has 0 radical (unpaired) electrons. The van der Waals surface area contributed by atoms with Crippen molar-refractivity contribution in [2.45, 2.75) is 51.2 Å². The van der Waals surface area contributed by atoms with Gasteiger partial charge in [0.05, 0.1) is 0 Å². The van der Waals surface area contributed by atoms with Gasteiger partial charge >= 0.3 is 0 Å². The van der Waals surface area contributed by atoms with E-state index < -0.39 is 0 Å². The first-order chi connectivity index (χ1) is 9.35. The van der Waals surface area contributed by atoms with Gasteiger partial charge in [0.25, 0.3) is 0 Å². The Balaban J connectivity index is 1.40. The van der Waals surface area contributed by atoms with E-state index in [1.165, 1.54) is 44.3 Å². The Morgan fingerprint density at radius 3 is 2.53 bits per heavy atom. The predicted molar refractivity (Wildman–Crippen MR) is 80.1 cm³/mol. The van der Waals surface area contributed by atoms with Crippen molar-refractivity contribution in [2.24, 2.45) is 5.92 Å². The van der Waals surface area contributed by atoms with Gasteiger partial charge in [-0.25, -0.2) is 0 Å². The van der Waals surface area contributed by atoms with Crippen LogP contribution in [0.1, 0.15) is 38.2 Å². The highest BCUT2D eigenvalue weighted by Crippen LogP contribution is 2.34. The molecule has 0 aromatic heterocycles. The van der Waals surface area contributed by atoms with Gasteiger partial charge in [-0.15, -0.1) is 0 Å². The summed E-state index contributed by atoms with van der Waals surface area (Å²) in [5.41, 5.74) is 1.45. The van der Waals surface area contributed by atoms with Gasteiger partial charge in [0.15, 0.2) is 0 Å². The Bertz CT molecular complexity index is 382. The summed E-state index contributed by atoms with van der Waals surface area (Å²) < 4.78 is 0. The van der Waals surface area contributed by atoms with Crippen LogP contribution >= 0.6 is 0 Å². The summed E-state index contributed by atoms with van der Waals surface area (Å²) in [6.07, 6.45) is 5.41. The number of nitrogens with one attached hydrogen (secondary N) is 1. The predicted octanol–water partition coefficient (Wildman–Crippen LogP) is 3.04. The summed E-state index contributed by atoms with van der Waals surface area (Å²) in [4.78, 5) is 2.59. The van der Waals surface area contributed by atoms with Crippen LogP contribution in [0.15, 0.2) is 30.3 Å². The lowest BCUT2D eigenvalue weighted by molar-refractivity contribution is 0.189. The second-order valence-electron chi connectivity index (χ2n) is 6.21. The van der Waals surface area contributed by atoms with Crippen molar-refractivity contribution in [3.8, 4) is 0 Å². The highest BCUT2D eigenvalue weighted by molar-refractivity contribution is 5.14. The fourth-order valence-corrected chi connectivity index (χ4v) is 3.31. The maximum Gasteiger partial charge on any atom is 0.0233 e. The molecule has 2 aliphatic rings. The molecule has 104 valence electrons. The lowest BCUT2D eigenvalue weighted by atomic mass is 10.0. The van der Waals surface area contributed by atoms with E-state index in [4.69, 9.17) is 0 Å². The zero-order valence-electron chi connectivity index (χ0n) is 12.0. The van der Waals surface area contributed by atoms with E-state index in [2.05, 4.69) is 47.5 Å². The van der Waals surface area contributed by atoms with Crippen molar-refractivity contribution in [3.05, 3.63) is 35.9 Å². The molecule has 1 saturated heterocycles. The molecule has 2 atom stereocenters. The summed E-state index contributed by atoms with van der Waals surface area (Å²) in [7, 11) is 0. The summed E-state index contributed by atoms with van der Waals surface area (Å²) in [6, 6.07) is 12.5. The summed E-state index contributed by atoms with van der Waals surface area (Å²) in [5, 5.41) is 3.85. The monoisotopic (exact) mass is 258 g/mol. The van der Waals surface area contributed by atoms with E-state index in [1.807, 2.05) is 0 Å². The van der Waals surface area contributed by atoms with E-state index in [1.54, 1.807) is 0 Å². The standard InChI is InChI=1S/C17H26N2/c1-2-15-12-17(15)18-16-8-10-19(11-9-16)13-14-6-4-3-5-7-14/h3-7,15-18H,2,8-13H2,1H3. The first-order valence-corrected chi connectivity index (χ1v) is 7.87. The van der Waals surface area contributed by atoms with E-state index in [-0.39, 0.29) is 0 Å². The Kier molecular flexibility index (Phi) is 4.19. The number of likely N-dealkylation sites (tertiary alicyclic amines) is 1. The van der Waals surface area contributed by atoms with Crippen molar-refractivity contribution in [1.29, 1.82) is 0 Å². The largest absolute Gasteiger partial charge is 0.311 e. The van der Waals surface area contributed by atoms with Gasteiger partial charge in [-0.3, -0.25) is 4.90 Å². The second kappa shape index (κ2) is 6.06. The maximum absolute atomic E-state index is 3.85. The molecule has 1 heterocycles. The number of nitrogens with zero attached hydrogens (tertiary/aromatic N) is 1. The molecule has 0 amide bonds. The fourth-order valence-electron chi connectivity index (χ4n) is 3.31. The molecular weight excluding hydrogens is 232 g/mol. The normalized spacial score (nSPS) is 28.5. The molecule has 2 nitrogen and oxygen atoms in total. The molecule has 19 heavy (non-hydrogen) atoms. The van der Waals surface area contributed by atoms with Crippen molar-refractivity contribution >= 4 is 0 Å². The molecule has 1 N–H and O–H groups in total. The minimum atomic E-state index is 0.772. The average molecular weight is 258 g/mol. The van der Waals surface area contributed by atoms with Gasteiger partial charge in [0.1, 0.15) is 0 Å². The Morgan fingerprint density at radius 2 is 1.89 bits per heavy atom. The highest BCUT2D eigenvalue weighted by Gasteiger charge is 2.36. The number of benzene rings is 1. The molecule has 2 heteroatoms. The first-order valence-electron chi connectivity index (χ1n) is 7.87. The van der Waals surface area contributed by atoms with Crippen molar-refractivity contribution < 1.29 is 0 Å². The van der Waals surface area contributed by atoms with Crippen molar-refractivity contribution in [3.63, 3.8) is 0 Å². The quantitative estimate of drug-likeness (QED) is 0.873. The molecule has 1 saturated carbocycles. The zero-order valence-corrected chi connectivity index (χ0v) is 12.0.